The van der Waals surface area contributed by atoms with Crippen molar-refractivity contribution >= 4 is 29.4 Å². The maximum absolute atomic E-state index is 13.8. The molecule has 24 heteroatoms. The monoisotopic (exact) mass is 1110 g/mol. The first-order valence-electron chi connectivity index (χ1n) is 28.0. The molecular formula is C53H96N4O20. The summed E-state index contributed by atoms with van der Waals surface area (Å²) in [5.74, 6) is -3.60. The summed E-state index contributed by atoms with van der Waals surface area (Å²) >= 11 is 0. The minimum Gasteiger partial charge on any atom is -0.396 e. The predicted molar refractivity (Wildman–Crippen MR) is 277 cm³/mol. The highest BCUT2D eigenvalue weighted by Crippen LogP contribution is 2.33. The Balaban J connectivity index is 1.68. The van der Waals surface area contributed by atoms with Gasteiger partial charge in [0.25, 0.3) is 0 Å². The fraction of sp³-hybridized carbons (Fsp3) is 0.906. The number of ether oxygens (including phenoxy) is 6. The van der Waals surface area contributed by atoms with Gasteiger partial charge in [0.05, 0.1) is 63.1 Å². The van der Waals surface area contributed by atoms with Gasteiger partial charge in [0.1, 0.15) is 30.2 Å². The average molecular weight is 1110 g/mol. The van der Waals surface area contributed by atoms with Crippen molar-refractivity contribution in [3.8, 4) is 0 Å². The van der Waals surface area contributed by atoms with Gasteiger partial charge in [-0.1, -0.05) is 20.8 Å². The van der Waals surface area contributed by atoms with Crippen LogP contribution >= 0.6 is 0 Å². The van der Waals surface area contributed by atoms with Gasteiger partial charge in [-0.25, -0.2) is 0 Å². The van der Waals surface area contributed by atoms with Crippen LogP contribution in [0.1, 0.15) is 137 Å². The van der Waals surface area contributed by atoms with Gasteiger partial charge in [0.15, 0.2) is 12.6 Å². The van der Waals surface area contributed by atoms with Gasteiger partial charge >= 0.3 is 0 Å². The van der Waals surface area contributed by atoms with Crippen LogP contribution in [0.25, 0.3) is 0 Å². The summed E-state index contributed by atoms with van der Waals surface area (Å²) in [4.78, 5) is 67.0. The summed E-state index contributed by atoms with van der Waals surface area (Å²) < 4.78 is 34.4. The van der Waals surface area contributed by atoms with Crippen LogP contribution in [0.4, 0.5) is 0 Å². The van der Waals surface area contributed by atoms with Gasteiger partial charge in [-0.05, 0) is 78.1 Å². The van der Waals surface area contributed by atoms with Crippen molar-refractivity contribution in [3.05, 3.63) is 0 Å². The zero-order valence-corrected chi connectivity index (χ0v) is 46.1. The molecule has 2 heterocycles. The average Bonchev–Trinajstić information content (AvgIpc) is 3.40. The van der Waals surface area contributed by atoms with E-state index in [1.165, 1.54) is 0 Å². The molecule has 1 aliphatic carbocycles. The van der Waals surface area contributed by atoms with Gasteiger partial charge in [-0.15, -0.1) is 0 Å². The Kier molecular flexibility index (Phi) is 32.2. The van der Waals surface area contributed by atoms with E-state index in [2.05, 4.69) is 21.3 Å². The first kappa shape index (κ1) is 68.2. The molecule has 1 saturated carbocycles. The molecule has 0 spiro atoms. The van der Waals surface area contributed by atoms with Crippen molar-refractivity contribution < 1.29 is 98.4 Å². The normalized spacial score (nSPS) is 30.4. The zero-order chi connectivity index (χ0) is 57.1. The van der Waals surface area contributed by atoms with E-state index in [9.17, 15) is 69.9 Å². The number of unbranched alkanes of at least 4 members (excludes halogenated alkanes) is 1. The van der Waals surface area contributed by atoms with E-state index >= 15 is 0 Å². The number of aliphatic hydroxyl groups excluding tert-OH is 9. The lowest BCUT2D eigenvalue weighted by Gasteiger charge is -2.40. The van der Waals surface area contributed by atoms with E-state index in [1.54, 1.807) is 20.8 Å². The van der Waals surface area contributed by atoms with Gasteiger partial charge in [0.2, 0.25) is 23.6 Å². The molecule has 0 radical (unpaired) electrons. The van der Waals surface area contributed by atoms with Crippen molar-refractivity contribution in [2.75, 3.05) is 65.9 Å². The molecule has 15 atom stereocenters. The van der Waals surface area contributed by atoms with Crippen molar-refractivity contribution in [2.24, 2.45) is 23.7 Å². The summed E-state index contributed by atoms with van der Waals surface area (Å²) in [6.07, 6.45) is -8.17. The smallest absolute Gasteiger partial charge is 0.220 e. The quantitative estimate of drug-likeness (QED) is 0.0329. The maximum atomic E-state index is 13.8. The number of rotatable bonds is 38. The molecule has 0 bridgehead atoms. The van der Waals surface area contributed by atoms with E-state index in [-0.39, 0.29) is 145 Å². The van der Waals surface area contributed by atoms with E-state index in [4.69, 9.17) is 28.4 Å². The van der Waals surface area contributed by atoms with E-state index in [0.29, 0.717) is 51.7 Å². The topological polar surface area (TPSA) is 371 Å². The number of carbonyl (C=O) groups excluding carboxylic acids is 5. The summed E-state index contributed by atoms with van der Waals surface area (Å²) in [7, 11) is 0. The highest BCUT2D eigenvalue weighted by atomic mass is 16.7. The SMILES string of the molecule is CC(C)OCCCNC(=O)CCCC(=O)NC(CCC(=O)CCCCO[C@@H]1CC(CO)[C@H](O)[C@H](O)C1C)(CCC(=O)NCCCO[C@@H]1OC(CO)[C@H](O)[C@H](O)C1C)CCC(=O)NCCCO[C@@H]1OC(CO)[C@H](O)[C@H](O)C1C. The largest absolute Gasteiger partial charge is 0.396 e. The third-order valence-corrected chi connectivity index (χ3v) is 15.0. The first-order chi connectivity index (χ1) is 36.7. The number of carbonyl (C=O) groups is 5. The Morgan fingerprint density at radius 3 is 1.45 bits per heavy atom. The second-order valence-corrected chi connectivity index (χ2v) is 21.5. The van der Waals surface area contributed by atoms with E-state index in [0.717, 1.165) is 0 Å². The number of amides is 4. The van der Waals surface area contributed by atoms with Crippen molar-refractivity contribution in [2.45, 2.75) is 217 Å². The molecule has 0 aromatic heterocycles. The molecule has 2 aliphatic heterocycles. The summed E-state index contributed by atoms with van der Waals surface area (Å²) in [5, 5.41) is 102. The fourth-order valence-corrected chi connectivity index (χ4v) is 9.77. The Labute approximate surface area is 454 Å². The first-order valence-corrected chi connectivity index (χ1v) is 28.0. The second kappa shape index (κ2) is 36.3. The fourth-order valence-electron chi connectivity index (χ4n) is 9.77. The summed E-state index contributed by atoms with van der Waals surface area (Å²) in [5.41, 5.74) is -1.23. The molecule has 3 rings (SSSR count). The number of nitrogens with one attached hydrogen (secondary N) is 4. The number of hydrogen-bond donors (Lipinski definition) is 13. The maximum Gasteiger partial charge on any atom is 0.220 e. The van der Waals surface area contributed by atoms with Crippen LogP contribution in [0.3, 0.4) is 0 Å². The lowest BCUT2D eigenvalue weighted by Crippen LogP contribution is -2.55. The Morgan fingerprint density at radius 1 is 0.506 bits per heavy atom. The lowest BCUT2D eigenvalue weighted by molar-refractivity contribution is -0.282. The molecule has 0 aromatic rings. The highest BCUT2D eigenvalue weighted by Gasteiger charge is 2.44. The summed E-state index contributed by atoms with van der Waals surface area (Å²) in [6.45, 7) is 9.34. The minimum atomic E-state index is -1.28. The van der Waals surface area contributed by atoms with Gasteiger partial charge < -0.3 is 95.6 Å². The Hall–Kier alpha value is -3.05. The lowest BCUT2D eigenvalue weighted by atomic mass is 9.76. The summed E-state index contributed by atoms with van der Waals surface area (Å²) in [6, 6.07) is 0. The predicted octanol–water partition coefficient (Wildman–Crippen LogP) is -1.03. The third kappa shape index (κ3) is 23.9. The van der Waals surface area contributed by atoms with Gasteiger partial charge in [-0.3, -0.25) is 24.0 Å². The third-order valence-electron chi connectivity index (χ3n) is 15.0. The zero-order valence-electron chi connectivity index (χ0n) is 46.1. The molecule has 77 heavy (non-hydrogen) atoms. The van der Waals surface area contributed by atoms with Crippen LogP contribution in [-0.2, 0) is 52.4 Å². The number of Topliss-reactive ketones (excluding diaryl/α,β-unsaturated/α-hetero) is 1. The van der Waals surface area contributed by atoms with Gasteiger partial charge in [-0.2, -0.15) is 0 Å². The molecule has 13 N–H and O–H groups in total. The van der Waals surface area contributed by atoms with Crippen LogP contribution in [0.15, 0.2) is 0 Å². The van der Waals surface area contributed by atoms with Crippen molar-refractivity contribution in [1.82, 2.24) is 21.3 Å². The number of hydrogen-bond acceptors (Lipinski definition) is 20. The molecule has 0 aromatic carbocycles. The van der Waals surface area contributed by atoms with Crippen LogP contribution in [0.5, 0.6) is 0 Å². The standard InChI is InChI=1S/C53H96N4O20/c1-32(2)72-25-9-21-54-41(62)13-8-14-44(65)57-53(18-15-37(61)12-6-7-24-73-38-28-36(29-58)48(69)45(66)33(38)3,19-16-42(63)55-22-10-26-74-51-34(4)46(67)49(70)39(30-59)76-51)20-17-43(64)56-23-11-27-75-52-35(5)47(68)50(71)40(31-60)77-52/h32-36,38-40,45-52,58-60,66-71H,6-31H2,1-5H3,(H,54,62)(H,55,63)(H,56,64)(H,57,65)/t33?,34?,35?,36?,38-,39?,40?,45-,46-,47-,48+,49+,50+,51-,52-,53?/m1/s1. The molecule has 6 unspecified atom stereocenters. The number of aliphatic hydroxyl groups is 9. The molecule has 448 valence electrons. The molecule has 24 nitrogen and oxygen atoms in total. The van der Waals surface area contributed by atoms with Crippen LogP contribution < -0.4 is 21.3 Å². The number of ketones is 1. The van der Waals surface area contributed by atoms with Crippen molar-refractivity contribution in [1.29, 1.82) is 0 Å². The minimum absolute atomic E-state index is 0.00104. The van der Waals surface area contributed by atoms with E-state index < -0.39 is 104 Å². The highest BCUT2D eigenvalue weighted by molar-refractivity contribution is 5.81. The molecule has 4 amide bonds. The molecule has 3 aliphatic rings. The van der Waals surface area contributed by atoms with Crippen LogP contribution in [0, 0.1) is 23.7 Å². The molecule has 3 fully saturated rings. The Morgan fingerprint density at radius 2 is 0.961 bits per heavy atom. The van der Waals surface area contributed by atoms with Crippen LogP contribution in [-0.4, -0.2) is 220 Å². The van der Waals surface area contributed by atoms with E-state index in [1.807, 2.05) is 13.8 Å². The van der Waals surface area contributed by atoms with Gasteiger partial charge in [0, 0.05) is 107 Å². The Bertz CT molecular complexity index is 1560. The molecular weight excluding hydrogens is 1010 g/mol. The molecule has 2 saturated heterocycles. The second-order valence-electron chi connectivity index (χ2n) is 21.5. The van der Waals surface area contributed by atoms with Crippen molar-refractivity contribution in [3.63, 3.8) is 0 Å². The van der Waals surface area contributed by atoms with Crippen LogP contribution in [0.2, 0.25) is 0 Å².